The van der Waals surface area contributed by atoms with E-state index in [4.69, 9.17) is 9.84 Å². The van der Waals surface area contributed by atoms with Crippen LogP contribution < -0.4 is 5.32 Å². The Morgan fingerprint density at radius 2 is 2.40 bits per heavy atom. The zero-order valence-corrected chi connectivity index (χ0v) is 5.62. The Morgan fingerprint density at radius 3 is 3.00 bits per heavy atom. The molecule has 0 aliphatic carbocycles. The van der Waals surface area contributed by atoms with E-state index in [-0.39, 0.29) is 6.23 Å². The lowest BCUT2D eigenvalue weighted by Crippen LogP contribution is -2.37. The van der Waals surface area contributed by atoms with Crippen molar-refractivity contribution in [2.24, 2.45) is 0 Å². The third-order valence-corrected chi connectivity index (χ3v) is 1.49. The summed E-state index contributed by atoms with van der Waals surface area (Å²) in [6.45, 7) is 0. The van der Waals surface area contributed by atoms with E-state index in [1.807, 2.05) is 0 Å². The van der Waals surface area contributed by atoms with Crippen LogP contribution in [0.1, 0.15) is 19.3 Å². The minimum atomic E-state index is -0.703. The number of rotatable bonds is 2. The molecule has 1 fully saturated rings. The van der Waals surface area contributed by atoms with E-state index in [0.717, 1.165) is 12.8 Å². The highest BCUT2D eigenvalue weighted by molar-refractivity contribution is 5.46. The number of carbonyl (C=O) groups is 1. The summed E-state index contributed by atoms with van der Waals surface area (Å²) >= 11 is 0. The number of hydrogen-bond donors (Lipinski definition) is 2. The van der Waals surface area contributed by atoms with Crippen LogP contribution in [0.3, 0.4) is 0 Å². The van der Waals surface area contributed by atoms with Crippen molar-refractivity contribution >= 4 is 6.41 Å². The molecule has 1 rings (SSSR count). The monoisotopic (exact) mass is 145 g/mol. The van der Waals surface area contributed by atoms with Gasteiger partial charge in [-0.15, -0.1) is 0 Å². The number of amides is 1. The van der Waals surface area contributed by atoms with Crippen LogP contribution in [-0.4, -0.2) is 24.0 Å². The molecule has 0 saturated carbocycles. The fourth-order valence-corrected chi connectivity index (χ4v) is 1.00. The summed E-state index contributed by atoms with van der Waals surface area (Å²) < 4.78 is 4.94. The molecule has 10 heavy (non-hydrogen) atoms. The molecule has 58 valence electrons. The average Bonchev–Trinajstić information content (AvgIpc) is 1.88. The average molecular weight is 145 g/mol. The van der Waals surface area contributed by atoms with Crippen LogP contribution in [-0.2, 0) is 9.53 Å². The Morgan fingerprint density at radius 1 is 1.60 bits per heavy atom. The molecule has 2 unspecified atom stereocenters. The van der Waals surface area contributed by atoms with Gasteiger partial charge >= 0.3 is 0 Å². The molecule has 0 aromatic heterocycles. The maximum Gasteiger partial charge on any atom is 0.209 e. The first-order chi connectivity index (χ1) is 4.83. The molecule has 1 aliphatic heterocycles. The zero-order chi connectivity index (χ0) is 7.40. The van der Waals surface area contributed by atoms with Gasteiger partial charge in [0.2, 0.25) is 6.41 Å². The second-order valence-electron chi connectivity index (χ2n) is 2.29. The second kappa shape index (κ2) is 3.53. The van der Waals surface area contributed by atoms with Gasteiger partial charge < -0.3 is 15.2 Å². The van der Waals surface area contributed by atoms with Crippen molar-refractivity contribution in [1.82, 2.24) is 5.32 Å². The van der Waals surface area contributed by atoms with Crippen LogP contribution in [0.2, 0.25) is 0 Å². The van der Waals surface area contributed by atoms with Gasteiger partial charge in [-0.1, -0.05) is 0 Å². The van der Waals surface area contributed by atoms with Gasteiger partial charge in [0, 0.05) is 0 Å². The lowest BCUT2D eigenvalue weighted by Gasteiger charge is -2.25. The Balaban J connectivity index is 2.24. The summed E-state index contributed by atoms with van der Waals surface area (Å²) in [6.07, 6.45) is 1.94. The summed E-state index contributed by atoms with van der Waals surface area (Å²) in [7, 11) is 0. The summed E-state index contributed by atoms with van der Waals surface area (Å²) in [5, 5.41) is 11.4. The summed E-state index contributed by atoms with van der Waals surface area (Å²) in [6, 6.07) is 0. The molecule has 1 amide bonds. The first-order valence-corrected chi connectivity index (χ1v) is 3.36. The number of ether oxygens (including phenoxy) is 1. The number of carbonyl (C=O) groups excluding carboxylic acids is 1. The van der Waals surface area contributed by atoms with Crippen molar-refractivity contribution in [3.63, 3.8) is 0 Å². The van der Waals surface area contributed by atoms with Gasteiger partial charge in [-0.05, 0) is 19.3 Å². The van der Waals surface area contributed by atoms with Crippen molar-refractivity contribution in [2.75, 3.05) is 0 Å². The summed E-state index contributed by atoms with van der Waals surface area (Å²) in [5.74, 6) is 0. The van der Waals surface area contributed by atoms with Gasteiger partial charge in [0.15, 0.2) is 6.29 Å². The molecular weight excluding hydrogens is 134 g/mol. The first-order valence-electron chi connectivity index (χ1n) is 3.36. The van der Waals surface area contributed by atoms with E-state index < -0.39 is 6.29 Å². The lowest BCUT2D eigenvalue weighted by molar-refractivity contribution is -0.172. The maximum atomic E-state index is 9.91. The van der Waals surface area contributed by atoms with E-state index in [1.54, 1.807) is 0 Å². The molecule has 0 aromatic rings. The predicted octanol–water partition coefficient (Wildman–Crippen LogP) is -0.423. The Hall–Kier alpha value is -0.610. The van der Waals surface area contributed by atoms with Crippen LogP contribution >= 0.6 is 0 Å². The maximum absolute atomic E-state index is 9.91. The highest BCUT2D eigenvalue weighted by atomic mass is 16.6. The topological polar surface area (TPSA) is 58.6 Å². The molecule has 4 heteroatoms. The Kier molecular flexibility index (Phi) is 2.65. The minimum Gasteiger partial charge on any atom is -0.368 e. The fourth-order valence-electron chi connectivity index (χ4n) is 1.00. The molecule has 1 saturated heterocycles. The molecule has 0 radical (unpaired) electrons. The number of hydrogen-bond acceptors (Lipinski definition) is 3. The number of aliphatic hydroxyl groups excluding tert-OH is 1. The molecule has 1 heterocycles. The van der Waals surface area contributed by atoms with E-state index in [1.165, 1.54) is 0 Å². The first kappa shape index (κ1) is 7.50. The van der Waals surface area contributed by atoms with Crippen LogP contribution in [0.25, 0.3) is 0 Å². The summed E-state index contributed by atoms with van der Waals surface area (Å²) in [5.41, 5.74) is 0. The number of aliphatic hydroxyl groups is 1. The van der Waals surface area contributed by atoms with Gasteiger partial charge in [0.1, 0.15) is 6.23 Å². The van der Waals surface area contributed by atoms with Gasteiger partial charge in [-0.2, -0.15) is 0 Å². The smallest absolute Gasteiger partial charge is 0.209 e. The molecular formula is C6H11NO3. The quantitative estimate of drug-likeness (QED) is 0.519. The summed E-state index contributed by atoms with van der Waals surface area (Å²) in [4.78, 5) is 9.91. The minimum absolute atomic E-state index is 0.291. The molecule has 4 nitrogen and oxygen atoms in total. The SMILES string of the molecule is O=CNC1CCCC(O)O1. The number of nitrogens with one attached hydrogen (secondary N) is 1. The largest absolute Gasteiger partial charge is 0.368 e. The van der Waals surface area contributed by atoms with Gasteiger partial charge in [0.25, 0.3) is 0 Å². The standard InChI is InChI=1S/C6H11NO3/c8-4-7-5-2-1-3-6(9)10-5/h4-6,9H,1-3H2,(H,7,8). The van der Waals surface area contributed by atoms with Crippen LogP contribution in [0.15, 0.2) is 0 Å². The van der Waals surface area contributed by atoms with Crippen molar-refractivity contribution in [2.45, 2.75) is 31.8 Å². The molecule has 0 bridgehead atoms. The zero-order valence-electron chi connectivity index (χ0n) is 5.62. The molecule has 1 aliphatic rings. The van der Waals surface area contributed by atoms with E-state index in [9.17, 15) is 4.79 Å². The van der Waals surface area contributed by atoms with E-state index in [0.29, 0.717) is 12.8 Å². The lowest BCUT2D eigenvalue weighted by atomic mass is 10.2. The highest BCUT2D eigenvalue weighted by Crippen LogP contribution is 2.14. The molecule has 2 N–H and O–H groups in total. The molecule has 0 spiro atoms. The normalized spacial score (nSPS) is 33.3. The van der Waals surface area contributed by atoms with E-state index in [2.05, 4.69) is 5.32 Å². The van der Waals surface area contributed by atoms with Crippen molar-refractivity contribution in [3.8, 4) is 0 Å². The molecule has 0 aromatic carbocycles. The highest BCUT2D eigenvalue weighted by Gasteiger charge is 2.18. The van der Waals surface area contributed by atoms with Crippen molar-refractivity contribution in [1.29, 1.82) is 0 Å². The predicted molar refractivity (Wildman–Crippen MR) is 33.9 cm³/mol. The molecule has 2 atom stereocenters. The van der Waals surface area contributed by atoms with Crippen LogP contribution in [0.5, 0.6) is 0 Å². The Bertz CT molecular complexity index is 118. The van der Waals surface area contributed by atoms with Crippen molar-refractivity contribution < 1.29 is 14.6 Å². The third kappa shape index (κ3) is 1.97. The van der Waals surface area contributed by atoms with Gasteiger partial charge in [-0.3, -0.25) is 4.79 Å². The van der Waals surface area contributed by atoms with Crippen LogP contribution in [0.4, 0.5) is 0 Å². The third-order valence-electron chi connectivity index (χ3n) is 1.49. The van der Waals surface area contributed by atoms with Crippen LogP contribution in [0, 0.1) is 0 Å². The van der Waals surface area contributed by atoms with E-state index >= 15 is 0 Å². The second-order valence-corrected chi connectivity index (χ2v) is 2.29. The van der Waals surface area contributed by atoms with Crippen molar-refractivity contribution in [3.05, 3.63) is 0 Å². The fraction of sp³-hybridized carbons (Fsp3) is 0.833. The Labute approximate surface area is 59.2 Å². The van der Waals surface area contributed by atoms with Gasteiger partial charge in [0.05, 0.1) is 0 Å². The van der Waals surface area contributed by atoms with Gasteiger partial charge in [-0.25, -0.2) is 0 Å².